The van der Waals surface area contributed by atoms with Crippen LogP contribution in [0.2, 0.25) is 0 Å². The highest BCUT2D eigenvalue weighted by atomic mass is 16.5. The third kappa shape index (κ3) is 6.81. The van der Waals surface area contributed by atoms with E-state index in [0.29, 0.717) is 6.10 Å². The smallest absolute Gasteiger partial charge is 0.191 e. The summed E-state index contributed by atoms with van der Waals surface area (Å²) in [5.41, 5.74) is 0.163. The predicted octanol–water partition coefficient (Wildman–Crippen LogP) is 0.719. The number of nitrogens with zero attached hydrogens (tertiary/aromatic N) is 1. The first-order valence-corrected chi connectivity index (χ1v) is 6.82. The second-order valence-corrected chi connectivity index (χ2v) is 5.69. The van der Waals surface area contributed by atoms with Crippen molar-refractivity contribution in [2.24, 2.45) is 4.99 Å². The fourth-order valence-corrected chi connectivity index (χ4v) is 1.85. The predicted molar refractivity (Wildman–Crippen MR) is 76.1 cm³/mol. The molecule has 18 heavy (non-hydrogen) atoms. The molecule has 0 aliphatic carbocycles. The Kier molecular flexibility index (Phi) is 6.43. The van der Waals surface area contributed by atoms with Crippen molar-refractivity contribution in [2.45, 2.75) is 45.3 Å². The molecule has 5 heteroatoms. The van der Waals surface area contributed by atoms with Gasteiger partial charge in [0.15, 0.2) is 5.96 Å². The number of nitrogens with one attached hydrogen (secondary N) is 3. The molecule has 0 bridgehead atoms. The van der Waals surface area contributed by atoms with E-state index >= 15 is 0 Å². The van der Waals surface area contributed by atoms with Crippen molar-refractivity contribution in [3.05, 3.63) is 0 Å². The second-order valence-electron chi connectivity index (χ2n) is 5.69. The van der Waals surface area contributed by atoms with Crippen molar-refractivity contribution in [1.29, 1.82) is 0 Å². The van der Waals surface area contributed by atoms with Crippen LogP contribution in [-0.2, 0) is 4.74 Å². The summed E-state index contributed by atoms with van der Waals surface area (Å²) in [5, 5.41) is 10.0. The van der Waals surface area contributed by atoms with Gasteiger partial charge >= 0.3 is 0 Å². The minimum absolute atomic E-state index is 0.163. The van der Waals surface area contributed by atoms with Crippen LogP contribution in [0, 0.1) is 0 Å². The van der Waals surface area contributed by atoms with Crippen molar-refractivity contribution in [3.63, 3.8) is 0 Å². The highest BCUT2D eigenvalue weighted by Gasteiger charge is 2.15. The molecule has 1 aliphatic rings. The summed E-state index contributed by atoms with van der Waals surface area (Å²) >= 11 is 0. The molecule has 1 atom stereocenters. The summed E-state index contributed by atoms with van der Waals surface area (Å²) in [4.78, 5) is 4.19. The maximum atomic E-state index is 5.56. The van der Waals surface area contributed by atoms with Gasteiger partial charge in [-0.2, -0.15) is 0 Å². The summed E-state index contributed by atoms with van der Waals surface area (Å²) in [5.74, 6) is 0.848. The Hall–Kier alpha value is -0.810. The van der Waals surface area contributed by atoms with Crippen LogP contribution in [0.1, 0.15) is 33.6 Å². The minimum atomic E-state index is 0.163. The fraction of sp³-hybridized carbons (Fsp3) is 0.923. The minimum Gasteiger partial charge on any atom is -0.376 e. The molecule has 1 fully saturated rings. The van der Waals surface area contributed by atoms with Crippen LogP contribution in [0.5, 0.6) is 0 Å². The highest BCUT2D eigenvalue weighted by Crippen LogP contribution is 2.10. The van der Waals surface area contributed by atoms with Gasteiger partial charge in [0, 0.05) is 38.8 Å². The van der Waals surface area contributed by atoms with E-state index in [-0.39, 0.29) is 5.54 Å². The van der Waals surface area contributed by atoms with Gasteiger partial charge in [-0.15, -0.1) is 0 Å². The van der Waals surface area contributed by atoms with Crippen LogP contribution >= 0.6 is 0 Å². The molecular formula is C13H28N4O. The van der Waals surface area contributed by atoms with Crippen LogP contribution < -0.4 is 16.0 Å². The molecule has 0 amide bonds. The molecule has 0 aromatic rings. The number of hydrogen-bond donors (Lipinski definition) is 3. The van der Waals surface area contributed by atoms with Crippen molar-refractivity contribution < 1.29 is 4.74 Å². The van der Waals surface area contributed by atoms with E-state index in [2.05, 4.69) is 41.7 Å². The lowest BCUT2D eigenvalue weighted by molar-refractivity contribution is 0.114. The van der Waals surface area contributed by atoms with Crippen molar-refractivity contribution in [2.75, 3.05) is 33.3 Å². The van der Waals surface area contributed by atoms with Crippen molar-refractivity contribution in [3.8, 4) is 0 Å². The zero-order valence-corrected chi connectivity index (χ0v) is 12.2. The van der Waals surface area contributed by atoms with Gasteiger partial charge in [0.05, 0.1) is 6.10 Å². The number of ether oxygens (including phenoxy) is 1. The third-order valence-corrected chi connectivity index (χ3v) is 2.82. The first-order chi connectivity index (χ1) is 8.51. The Balaban J connectivity index is 2.10. The Labute approximate surface area is 111 Å². The first-order valence-electron chi connectivity index (χ1n) is 6.82. The van der Waals surface area contributed by atoms with Gasteiger partial charge in [0.1, 0.15) is 0 Å². The van der Waals surface area contributed by atoms with Crippen LogP contribution in [0.3, 0.4) is 0 Å². The van der Waals surface area contributed by atoms with Gasteiger partial charge in [-0.1, -0.05) is 0 Å². The van der Waals surface area contributed by atoms with Gasteiger partial charge in [-0.25, -0.2) is 0 Å². The molecule has 1 saturated heterocycles. The van der Waals surface area contributed by atoms with Crippen LogP contribution in [0.15, 0.2) is 4.99 Å². The van der Waals surface area contributed by atoms with E-state index in [9.17, 15) is 0 Å². The molecule has 0 spiro atoms. The Morgan fingerprint density at radius 3 is 2.61 bits per heavy atom. The topological polar surface area (TPSA) is 57.7 Å². The van der Waals surface area contributed by atoms with Gasteiger partial charge in [-0.3, -0.25) is 4.99 Å². The SMILES string of the molecule is CN=C(NCCNC(C)(C)C)NCC1CCCO1. The van der Waals surface area contributed by atoms with E-state index in [0.717, 1.165) is 38.6 Å². The standard InChI is InChI=1S/C13H28N4O/c1-13(2,3)17-8-7-15-12(14-4)16-10-11-6-5-9-18-11/h11,17H,5-10H2,1-4H3,(H2,14,15,16). The summed E-state index contributed by atoms with van der Waals surface area (Å²) in [7, 11) is 1.79. The van der Waals surface area contributed by atoms with Gasteiger partial charge in [-0.05, 0) is 33.6 Å². The average molecular weight is 256 g/mol. The molecule has 5 nitrogen and oxygen atoms in total. The molecule has 106 valence electrons. The third-order valence-electron chi connectivity index (χ3n) is 2.82. The summed E-state index contributed by atoms with van der Waals surface area (Å²) in [6.45, 7) is 10.0. The molecule has 0 radical (unpaired) electrons. The zero-order chi connectivity index (χ0) is 13.4. The lowest BCUT2D eigenvalue weighted by Crippen LogP contribution is -2.45. The Morgan fingerprint density at radius 1 is 1.28 bits per heavy atom. The van der Waals surface area contributed by atoms with E-state index in [1.165, 1.54) is 6.42 Å². The monoisotopic (exact) mass is 256 g/mol. The molecule has 0 aromatic heterocycles. The average Bonchev–Trinajstić information content (AvgIpc) is 2.79. The van der Waals surface area contributed by atoms with E-state index in [1.807, 2.05) is 0 Å². The normalized spacial score (nSPS) is 21.1. The zero-order valence-electron chi connectivity index (χ0n) is 12.2. The molecule has 0 saturated carbocycles. The number of rotatable bonds is 5. The lowest BCUT2D eigenvalue weighted by Gasteiger charge is -2.21. The second kappa shape index (κ2) is 7.59. The summed E-state index contributed by atoms with van der Waals surface area (Å²) in [6, 6.07) is 0. The Morgan fingerprint density at radius 2 is 2.06 bits per heavy atom. The fourth-order valence-electron chi connectivity index (χ4n) is 1.85. The number of aliphatic imine (C=N–C) groups is 1. The summed E-state index contributed by atoms with van der Waals surface area (Å²) < 4.78 is 5.56. The number of guanidine groups is 1. The van der Waals surface area contributed by atoms with Crippen LogP contribution in [0.4, 0.5) is 0 Å². The van der Waals surface area contributed by atoms with E-state index < -0.39 is 0 Å². The number of hydrogen-bond acceptors (Lipinski definition) is 3. The van der Waals surface area contributed by atoms with Crippen LogP contribution in [-0.4, -0.2) is 50.9 Å². The Bertz CT molecular complexity index is 254. The molecule has 1 rings (SSSR count). The molecule has 1 unspecified atom stereocenters. The highest BCUT2D eigenvalue weighted by molar-refractivity contribution is 5.79. The van der Waals surface area contributed by atoms with E-state index in [1.54, 1.807) is 7.05 Å². The van der Waals surface area contributed by atoms with Crippen molar-refractivity contribution in [1.82, 2.24) is 16.0 Å². The van der Waals surface area contributed by atoms with Crippen LogP contribution in [0.25, 0.3) is 0 Å². The quantitative estimate of drug-likeness (QED) is 0.385. The van der Waals surface area contributed by atoms with Gasteiger partial charge in [0.25, 0.3) is 0 Å². The first kappa shape index (κ1) is 15.2. The van der Waals surface area contributed by atoms with Gasteiger partial charge in [0.2, 0.25) is 0 Å². The lowest BCUT2D eigenvalue weighted by atomic mass is 10.1. The largest absolute Gasteiger partial charge is 0.376 e. The van der Waals surface area contributed by atoms with E-state index in [4.69, 9.17) is 4.74 Å². The molecular weight excluding hydrogens is 228 g/mol. The summed E-state index contributed by atoms with van der Waals surface area (Å²) in [6.07, 6.45) is 2.67. The maximum Gasteiger partial charge on any atom is 0.191 e. The molecule has 0 aromatic carbocycles. The van der Waals surface area contributed by atoms with Crippen molar-refractivity contribution >= 4 is 5.96 Å². The van der Waals surface area contributed by atoms with Gasteiger partial charge < -0.3 is 20.7 Å². The maximum absolute atomic E-state index is 5.56. The molecule has 3 N–H and O–H groups in total. The molecule has 1 aliphatic heterocycles. The molecule has 1 heterocycles.